The topological polar surface area (TPSA) is 38.0 Å². The van der Waals surface area contributed by atoms with Crippen LogP contribution in [0.25, 0.3) is 103 Å². The predicted molar refractivity (Wildman–Crippen MR) is 304 cm³/mol. The summed E-state index contributed by atoms with van der Waals surface area (Å²) in [5.74, 6) is 0.835. The van der Waals surface area contributed by atoms with Crippen molar-refractivity contribution < 1.29 is 5.11 Å². The molecule has 1 N–H and O–H groups in total. The second kappa shape index (κ2) is 14.8. The molecule has 296 valence electrons. The molecule has 0 spiro atoms. The number of aliphatic hydroxyl groups is 1. The van der Waals surface area contributed by atoms with Gasteiger partial charge in [0.1, 0.15) is 76.4 Å². The second-order valence-electron chi connectivity index (χ2n) is 19.0. The van der Waals surface area contributed by atoms with Crippen molar-refractivity contribution in [3.63, 3.8) is 0 Å². The molecule has 3 nitrogen and oxygen atoms in total. The lowest BCUT2D eigenvalue weighted by atomic mass is 9.35. The van der Waals surface area contributed by atoms with Crippen LogP contribution in [0.15, 0.2) is 146 Å². The number of nitrogens with zero attached hydrogens (tertiary/aromatic N) is 2. The van der Waals surface area contributed by atoms with E-state index in [1.807, 2.05) is 33.1 Å². The lowest BCUT2D eigenvalue weighted by molar-refractivity contribution is 0.189. The van der Waals surface area contributed by atoms with Crippen LogP contribution in [-0.2, 0) is 5.21 Å². The number of hydrogen-bond acceptors (Lipinski definition) is 3. The molecule has 2 aromatic heterocycles. The molecular weight excluding hydrogens is 786 g/mol. The lowest BCUT2D eigenvalue weighted by Crippen LogP contribution is -2.55. The van der Waals surface area contributed by atoms with Gasteiger partial charge in [0.25, 0.3) is 0 Å². The third kappa shape index (κ3) is 6.07. The monoisotopic (exact) mass is 830 g/mol. The lowest BCUT2D eigenvalue weighted by Gasteiger charge is -2.38. The molecule has 13 heteroatoms. The summed E-state index contributed by atoms with van der Waals surface area (Å²) in [6, 6.07) is 54.0. The van der Waals surface area contributed by atoms with Gasteiger partial charge in [-0.15, -0.1) is 27.7 Å². The number of thiophene rings is 1. The first kappa shape index (κ1) is 40.7. The maximum Gasteiger partial charge on any atom is 0.139 e. The molecule has 0 aliphatic heterocycles. The van der Waals surface area contributed by atoms with E-state index in [2.05, 4.69) is 199 Å². The summed E-state index contributed by atoms with van der Waals surface area (Å²) < 4.78 is 4.85. The van der Waals surface area contributed by atoms with Gasteiger partial charge in [-0.25, -0.2) is 4.98 Å². The Kier molecular flexibility index (Phi) is 9.40. The minimum Gasteiger partial charge on any atom is -0.408 e. The number of imidazole rings is 1. The standard InChI is InChI=1S/C51H43B9N2OS/c52-44-41(45(53)47(55)48(56)46(44)54)28-19-21-32-35(24-28)42(34-11-7-15-39-43(34)33-10-3-6-14-38(33)64-39)31-9-2-1-8-30(31)40(32)27-17-16-26-23-29(20-18-25(26)22-27)62-37-13-5-4-12-36(37)61-49(62)50(57,58)51(59,60)63/h1-24,63H,52-60H2. The van der Waals surface area contributed by atoms with E-state index in [0.29, 0.717) is 0 Å². The molecular formula is C51H43B9N2OS. The van der Waals surface area contributed by atoms with Crippen LogP contribution in [0.2, 0.25) is 0 Å². The summed E-state index contributed by atoms with van der Waals surface area (Å²) in [6.45, 7) is 0. The molecule has 0 fully saturated rings. The van der Waals surface area contributed by atoms with Crippen LogP contribution in [-0.4, -0.2) is 90.7 Å². The Labute approximate surface area is 386 Å². The fourth-order valence-corrected chi connectivity index (χ4v) is 11.5. The van der Waals surface area contributed by atoms with Gasteiger partial charge in [0, 0.05) is 25.9 Å². The first-order valence-electron chi connectivity index (χ1n) is 22.4. The van der Waals surface area contributed by atoms with E-state index in [0.717, 1.165) is 27.9 Å². The van der Waals surface area contributed by atoms with Crippen LogP contribution in [0.3, 0.4) is 0 Å². The van der Waals surface area contributed by atoms with Crippen LogP contribution in [0.1, 0.15) is 5.82 Å². The smallest absolute Gasteiger partial charge is 0.139 e. The summed E-state index contributed by atoms with van der Waals surface area (Å²) in [5, 5.41) is 19.7. The molecule has 9 aromatic carbocycles. The van der Waals surface area contributed by atoms with Gasteiger partial charge in [0.2, 0.25) is 0 Å². The fourth-order valence-electron chi connectivity index (χ4n) is 10.4. The Hall–Kier alpha value is -6.01. The molecule has 64 heavy (non-hydrogen) atoms. The van der Waals surface area contributed by atoms with E-state index in [1.54, 1.807) is 0 Å². The van der Waals surface area contributed by atoms with Gasteiger partial charge in [0.15, 0.2) is 0 Å². The van der Waals surface area contributed by atoms with Crippen molar-refractivity contribution in [3.05, 3.63) is 151 Å². The van der Waals surface area contributed by atoms with Crippen molar-refractivity contribution in [1.29, 1.82) is 0 Å². The molecule has 2 heterocycles. The van der Waals surface area contributed by atoms with Crippen molar-refractivity contribution in [3.8, 4) is 39.1 Å². The van der Waals surface area contributed by atoms with Crippen LogP contribution in [0, 0.1) is 0 Å². The molecule has 0 atom stereocenters. The summed E-state index contributed by atoms with van der Waals surface area (Å²) in [7, 11) is 19.3. The minimum absolute atomic E-state index is 0.629. The van der Waals surface area contributed by atoms with E-state index in [9.17, 15) is 5.11 Å². The van der Waals surface area contributed by atoms with Crippen molar-refractivity contribution in [1.82, 2.24) is 9.55 Å². The number of fused-ring (bicyclic) bond motifs is 7. The first-order valence-corrected chi connectivity index (χ1v) is 23.3. The molecule has 0 saturated heterocycles. The molecule has 0 aliphatic carbocycles. The molecule has 11 rings (SSSR count). The first-order chi connectivity index (χ1) is 30.7. The van der Waals surface area contributed by atoms with E-state index in [4.69, 9.17) is 4.98 Å². The zero-order valence-corrected chi connectivity index (χ0v) is 38.9. The zero-order valence-electron chi connectivity index (χ0n) is 38.1. The van der Waals surface area contributed by atoms with Crippen molar-refractivity contribution in [2.45, 2.75) is 10.6 Å². The highest BCUT2D eigenvalue weighted by molar-refractivity contribution is 7.26. The van der Waals surface area contributed by atoms with Crippen LogP contribution >= 0.6 is 11.3 Å². The third-order valence-corrected chi connectivity index (χ3v) is 16.1. The molecule has 0 amide bonds. The molecule has 0 bridgehead atoms. The van der Waals surface area contributed by atoms with Crippen molar-refractivity contribution in [2.75, 3.05) is 0 Å². The summed E-state index contributed by atoms with van der Waals surface area (Å²) >= 11 is 1.88. The molecule has 0 radical (unpaired) electrons. The van der Waals surface area contributed by atoms with E-state index in [-0.39, 0.29) is 0 Å². The van der Waals surface area contributed by atoms with Gasteiger partial charge in [-0.05, 0) is 125 Å². The Bertz CT molecular complexity index is 3750. The van der Waals surface area contributed by atoms with E-state index >= 15 is 0 Å². The minimum atomic E-state index is -1.00. The highest BCUT2D eigenvalue weighted by Gasteiger charge is 2.40. The highest BCUT2D eigenvalue weighted by atomic mass is 32.1. The fraction of sp³-hybridized carbons (Fsp3) is 0.0392. The maximum absolute atomic E-state index is 11.4. The summed E-state index contributed by atoms with van der Waals surface area (Å²) in [4.78, 5) is 5.13. The predicted octanol–water partition coefficient (Wildman–Crippen LogP) is 0.477. The number of hydrogen-bond donors (Lipinski definition) is 1. The largest absolute Gasteiger partial charge is 0.408 e. The third-order valence-electron chi connectivity index (χ3n) is 15.0. The number of para-hydroxylation sites is 2. The molecule has 0 unspecified atom stereocenters. The van der Waals surface area contributed by atoms with Gasteiger partial charge in [0.05, 0.1) is 11.0 Å². The Morgan fingerprint density at radius 3 is 1.81 bits per heavy atom. The normalized spacial score (nSPS) is 12.4. The van der Waals surface area contributed by atoms with Gasteiger partial charge < -0.3 is 5.11 Å². The number of rotatable bonds is 6. The van der Waals surface area contributed by atoms with Crippen LogP contribution in [0.4, 0.5) is 0 Å². The maximum atomic E-state index is 11.4. The van der Waals surface area contributed by atoms with Gasteiger partial charge in [-0.3, -0.25) is 4.57 Å². The molecule has 0 aliphatic rings. The average molecular weight is 829 g/mol. The number of aromatic nitrogens is 2. The van der Waals surface area contributed by atoms with Crippen molar-refractivity contribution >= 4 is 173 Å². The Balaban J connectivity index is 1.18. The highest BCUT2D eigenvalue weighted by Crippen LogP contribution is 2.49. The second-order valence-corrected chi connectivity index (χ2v) is 20.1. The van der Waals surface area contributed by atoms with Crippen LogP contribution in [0.5, 0.6) is 0 Å². The number of benzene rings is 9. The van der Waals surface area contributed by atoms with E-state index < -0.39 is 10.6 Å². The van der Waals surface area contributed by atoms with E-state index in [1.165, 1.54) is 108 Å². The molecule has 11 aromatic rings. The summed E-state index contributed by atoms with van der Waals surface area (Å²) in [6.07, 6.45) is 0. The van der Waals surface area contributed by atoms with Gasteiger partial charge in [-0.2, -0.15) is 0 Å². The van der Waals surface area contributed by atoms with Crippen molar-refractivity contribution in [2.24, 2.45) is 0 Å². The Morgan fingerprint density at radius 1 is 0.484 bits per heavy atom. The summed E-state index contributed by atoms with van der Waals surface area (Å²) in [5.41, 5.74) is 17.3. The van der Waals surface area contributed by atoms with Crippen LogP contribution < -0.4 is 27.3 Å². The zero-order chi connectivity index (χ0) is 44.4. The van der Waals surface area contributed by atoms with Gasteiger partial charge in [-0.1, -0.05) is 108 Å². The SMILES string of the molecule is Bc1c(B)c(B)c(-c2ccc3c(-c4ccc5cc(-n6c(C(B)(B)C(B)(B)O)nc7ccccc76)ccc5c4)c4ccccc4c(-c4cccc5sc6ccccc6c45)c3c2)c(B)c1B. The average Bonchev–Trinajstić information content (AvgIpc) is 3.89. The Morgan fingerprint density at radius 2 is 1.06 bits per heavy atom. The quantitative estimate of drug-likeness (QED) is 0.196. The molecule has 0 saturated carbocycles. The van der Waals surface area contributed by atoms with Gasteiger partial charge >= 0.3 is 0 Å².